The lowest BCUT2D eigenvalue weighted by Crippen LogP contribution is -2.06. The largest absolute Gasteiger partial charge is 0.454 e. The Morgan fingerprint density at radius 3 is 2.43 bits per heavy atom. The van der Waals surface area contributed by atoms with Crippen molar-refractivity contribution in [1.29, 1.82) is 0 Å². The summed E-state index contributed by atoms with van der Waals surface area (Å²) in [6.07, 6.45) is 0.958. The quantitative estimate of drug-likeness (QED) is 0.650. The molecule has 1 heterocycles. The monoisotopic (exact) mass is 307 g/mol. The van der Waals surface area contributed by atoms with Crippen molar-refractivity contribution in [3.05, 3.63) is 35.6 Å². The van der Waals surface area contributed by atoms with Crippen molar-refractivity contribution < 1.29 is 9.52 Å². The Balaban J connectivity index is 0.00000106. The molecule has 1 N–H and O–H groups in total. The Labute approximate surface area is 131 Å². The first-order valence-corrected chi connectivity index (χ1v) is 7.88. The fraction of sp³-hybridized carbons (Fsp3) is 0.471. The summed E-state index contributed by atoms with van der Waals surface area (Å²) in [4.78, 5) is 0. The summed E-state index contributed by atoms with van der Waals surface area (Å²) in [5, 5.41) is 8.20. The zero-order chi connectivity index (χ0) is 16.0. The average Bonchev–Trinajstić information content (AvgIpc) is 2.84. The maximum Gasteiger partial charge on any atom is 0.153 e. The Hall–Kier alpha value is -1.26. The number of aliphatic hydroxyl groups is 1. The van der Waals surface area contributed by atoms with Gasteiger partial charge in [-0.3, -0.25) is 0 Å². The second kappa shape index (κ2) is 7.66. The summed E-state index contributed by atoms with van der Waals surface area (Å²) < 4.78 is 10.7. The zero-order valence-corrected chi connectivity index (χ0v) is 14.5. The van der Waals surface area contributed by atoms with Crippen LogP contribution < -0.4 is 0 Å². The lowest BCUT2D eigenvalue weighted by molar-refractivity contribution is 0.399. The molecule has 0 aliphatic rings. The molecule has 1 aromatic heterocycles. The van der Waals surface area contributed by atoms with E-state index in [4.69, 9.17) is 9.52 Å². The first-order valence-electron chi connectivity index (χ1n) is 7.10. The number of aliphatic hydroxyl groups excluding tert-OH is 1. The van der Waals surface area contributed by atoms with Crippen LogP contribution in [0.2, 0.25) is 0 Å². The molecule has 4 heteroatoms. The van der Waals surface area contributed by atoms with Crippen molar-refractivity contribution in [1.82, 2.24) is 0 Å². The molecule has 0 aliphatic heterocycles. The van der Waals surface area contributed by atoms with E-state index in [1.807, 2.05) is 19.1 Å². The summed E-state index contributed by atoms with van der Waals surface area (Å²) in [5.41, 5.74) is 3.17. The van der Waals surface area contributed by atoms with Gasteiger partial charge in [0.15, 0.2) is 5.76 Å². The fourth-order valence-electron chi connectivity index (χ4n) is 1.99. The molecule has 0 aliphatic carbocycles. The van der Waals surface area contributed by atoms with Gasteiger partial charge in [-0.2, -0.15) is 0 Å². The van der Waals surface area contributed by atoms with Crippen LogP contribution in [0.15, 0.2) is 33.1 Å². The standard InChI is InChI=1S/C16H21NOS.CH4O/c1-6-12-13-9-7-8-10-14(13)18-15(12)11(2)17-19-16(3,4)5;1-2/h7-10H,6H2,1-5H3;2H,1H3/b17-11+;. The highest BCUT2D eigenvalue weighted by Crippen LogP contribution is 2.29. The highest BCUT2D eigenvalue weighted by atomic mass is 32.2. The van der Waals surface area contributed by atoms with E-state index >= 15 is 0 Å². The molecule has 0 amide bonds. The molecule has 3 nitrogen and oxygen atoms in total. The normalized spacial score (nSPS) is 12.2. The van der Waals surface area contributed by atoms with Crippen molar-refractivity contribution in [2.45, 2.75) is 45.8 Å². The first-order chi connectivity index (χ1) is 9.92. The van der Waals surface area contributed by atoms with Crippen LogP contribution in [0.4, 0.5) is 0 Å². The molecule has 0 bridgehead atoms. The summed E-state index contributed by atoms with van der Waals surface area (Å²) >= 11 is 1.59. The fourth-order valence-corrected chi connectivity index (χ4v) is 2.48. The highest BCUT2D eigenvalue weighted by Gasteiger charge is 2.16. The van der Waals surface area contributed by atoms with Gasteiger partial charge in [-0.05, 0) is 52.1 Å². The molecule has 1 aromatic carbocycles. The lowest BCUT2D eigenvalue weighted by atomic mass is 10.1. The second-order valence-corrected chi connectivity index (χ2v) is 7.23. The summed E-state index contributed by atoms with van der Waals surface area (Å²) in [6, 6.07) is 8.19. The van der Waals surface area contributed by atoms with Gasteiger partial charge in [0.25, 0.3) is 0 Å². The molecule has 0 spiro atoms. The maximum atomic E-state index is 7.00. The molecular weight excluding hydrogens is 282 g/mol. The van der Waals surface area contributed by atoms with Gasteiger partial charge in [-0.1, -0.05) is 25.1 Å². The smallest absolute Gasteiger partial charge is 0.153 e. The SMILES string of the molecule is CCc1c(/C(C)=N/SC(C)(C)C)oc2ccccc12.CO. The summed E-state index contributed by atoms with van der Waals surface area (Å²) in [6.45, 7) is 10.7. The molecule has 116 valence electrons. The van der Waals surface area contributed by atoms with Crippen LogP contribution in [-0.4, -0.2) is 22.7 Å². The second-order valence-electron chi connectivity index (χ2n) is 5.64. The predicted molar refractivity (Wildman–Crippen MR) is 93.3 cm³/mol. The number of fused-ring (bicyclic) bond motifs is 1. The Kier molecular flexibility index (Phi) is 6.49. The van der Waals surface area contributed by atoms with Gasteiger partial charge in [-0.25, -0.2) is 4.40 Å². The van der Waals surface area contributed by atoms with Gasteiger partial charge in [0.05, 0.1) is 5.71 Å². The van der Waals surface area contributed by atoms with Crippen molar-refractivity contribution in [2.75, 3.05) is 7.11 Å². The van der Waals surface area contributed by atoms with E-state index in [0.717, 1.165) is 30.6 Å². The van der Waals surface area contributed by atoms with E-state index in [1.165, 1.54) is 10.9 Å². The predicted octanol–water partition coefficient (Wildman–Crippen LogP) is 4.86. The van der Waals surface area contributed by atoms with Gasteiger partial charge in [0, 0.05) is 22.8 Å². The molecule has 0 radical (unpaired) electrons. The van der Waals surface area contributed by atoms with Crippen LogP contribution in [0.5, 0.6) is 0 Å². The molecule has 0 saturated heterocycles. The van der Waals surface area contributed by atoms with E-state index in [1.54, 1.807) is 11.9 Å². The molecule has 21 heavy (non-hydrogen) atoms. The van der Waals surface area contributed by atoms with Crippen LogP contribution in [0.1, 0.15) is 45.9 Å². The van der Waals surface area contributed by atoms with Gasteiger partial charge in [0.2, 0.25) is 0 Å². The molecule has 0 saturated carbocycles. The minimum atomic E-state index is 0.125. The zero-order valence-electron chi connectivity index (χ0n) is 13.7. The van der Waals surface area contributed by atoms with Crippen LogP contribution >= 0.6 is 11.9 Å². The number of aryl methyl sites for hydroxylation is 1. The van der Waals surface area contributed by atoms with Crippen molar-refractivity contribution in [3.8, 4) is 0 Å². The highest BCUT2D eigenvalue weighted by molar-refractivity contribution is 7.99. The third kappa shape index (κ3) is 4.61. The van der Waals surface area contributed by atoms with Gasteiger partial charge < -0.3 is 9.52 Å². The lowest BCUT2D eigenvalue weighted by Gasteiger charge is -2.13. The first kappa shape index (κ1) is 17.8. The van der Waals surface area contributed by atoms with Gasteiger partial charge in [-0.15, -0.1) is 0 Å². The summed E-state index contributed by atoms with van der Waals surface area (Å²) in [7, 11) is 1.00. The molecule has 0 unspecified atom stereocenters. The number of hydrogen-bond donors (Lipinski definition) is 1. The van der Waals surface area contributed by atoms with Gasteiger partial charge in [0.1, 0.15) is 5.58 Å². The van der Waals surface area contributed by atoms with E-state index in [-0.39, 0.29) is 4.75 Å². The van der Waals surface area contributed by atoms with E-state index in [9.17, 15) is 0 Å². The van der Waals surface area contributed by atoms with Crippen LogP contribution in [0, 0.1) is 0 Å². The molecule has 2 rings (SSSR count). The molecule has 0 atom stereocenters. The van der Waals surface area contributed by atoms with Crippen LogP contribution in [0.25, 0.3) is 11.0 Å². The van der Waals surface area contributed by atoms with E-state index in [0.29, 0.717) is 0 Å². The van der Waals surface area contributed by atoms with Crippen LogP contribution in [0.3, 0.4) is 0 Å². The van der Waals surface area contributed by atoms with Crippen LogP contribution in [-0.2, 0) is 6.42 Å². The number of hydrogen-bond acceptors (Lipinski definition) is 4. The van der Waals surface area contributed by atoms with Crippen molar-refractivity contribution >= 4 is 28.6 Å². The molecular formula is C17H25NO2S. The third-order valence-corrected chi connectivity index (χ3v) is 3.75. The molecule has 2 aromatic rings. The maximum absolute atomic E-state index is 7.00. The summed E-state index contributed by atoms with van der Waals surface area (Å²) in [5.74, 6) is 0.931. The Bertz CT molecular complexity index is 609. The van der Waals surface area contributed by atoms with Crippen molar-refractivity contribution in [2.24, 2.45) is 4.40 Å². The minimum absolute atomic E-state index is 0.125. The van der Waals surface area contributed by atoms with Crippen molar-refractivity contribution in [3.63, 3.8) is 0 Å². The number of benzene rings is 1. The van der Waals surface area contributed by atoms with E-state index in [2.05, 4.69) is 44.2 Å². The number of rotatable bonds is 3. The molecule has 0 fully saturated rings. The van der Waals surface area contributed by atoms with Gasteiger partial charge >= 0.3 is 0 Å². The number of nitrogens with zero attached hydrogens (tertiary/aromatic N) is 1. The minimum Gasteiger partial charge on any atom is -0.454 e. The third-order valence-electron chi connectivity index (χ3n) is 2.84. The topological polar surface area (TPSA) is 45.7 Å². The Morgan fingerprint density at radius 2 is 1.86 bits per heavy atom. The van der Waals surface area contributed by atoms with E-state index < -0.39 is 0 Å². The average molecular weight is 307 g/mol. The Morgan fingerprint density at radius 1 is 1.24 bits per heavy atom. The number of para-hydroxylation sites is 1. The number of furan rings is 1.